The molecule has 0 spiro atoms. The molecule has 0 saturated heterocycles. The summed E-state index contributed by atoms with van der Waals surface area (Å²) in [4.78, 5) is 0. The fraction of sp³-hybridized carbons (Fsp3) is 0.647. The fourth-order valence-electron chi connectivity index (χ4n) is 2.82. The highest BCUT2D eigenvalue weighted by Crippen LogP contribution is 2.29. The maximum absolute atomic E-state index is 6.31. The lowest BCUT2D eigenvalue weighted by molar-refractivity contribution is 0.152. The summed E-state index contributed by atoms with van der Waals surface area (Å²) in [5, 5.41) is 0. The predicted molar refractivity (Wildman–Crippen MR) is 80.7 cm³/mol. The molecule has 2 rings (SSSR count). The van der Waals surface area contributed by atoms with Crippen LogP contribution in [0.25, 0.3) is 0 Å². The number of aryl methyl sites for hydroxylation is 1. The molecule has 2 N–H and O–H groups in total. The highest BCUT2D eigenvalue weighted by atomic mass is 16.5. The van der Waals surface area contributed by atoms with Gasteiger partial charge in [0.2, 0.25) is 0 Å². The summed E-state index contributed by atoms with van der Waals surface area (Å²) in [5.74, 6) is 1.10. The highest BCUT2D eigenvalue weighted by Gasteiger charge is 2.18. The van der Waals surface area contributed by atoms with Crippen molar-refractivity contribution in [2.45, 2.75) is 70.9 Å². The van der Waals surface area contributed by atoms with Crippen LogP contribution in [0.3, 0.4) is 0 Å². The Bertz CT molecular complexity index is 396. The summed E-state index contributed by atoms with van der Waals surface area (Å²) in [6.07, 6.45) is 8.71. The first-order chi connectivity index (χ1) is 9.20. The first kappa shape index (κ1) is 14.4. The smallest absolute Gasteiger partial charge is 0.125 e. The van der Waals surface area contributed by atoms with Gasteiger partial charge in [-0.05, 0) is 56.6 Å². The fourth-order valence-corrected chi connectivity index (χ4v) is 2.82. The van der Waals surface area contributed by atoms with Crippen LogP contribution in [0.1, 0.15) is 56.6 Å². The molecule has 1 unspecified atom stereocenters. The molecule has 0 amide bonds. The molecule has 1 fully saturated rings. The number of hydrogen-bond acceptors (Lipinski definition) is 2. The second kappa shape index (κ2) is 6.95. The minimum atomic E-state index is 0.232. The van der Waals surface area contributed by atoms with E-state index in [0.29, 0.717) is 6.10 Å². The van der Waals surface area contributed by atoms with Gasteiger partial charge in [0.05, 0.1) is 6.10 Å². The van der Waals surface area contributed by atoms with Crippen LogP contribution >= 0.6 is 0 Å². The Kier molecular flexibility index (Phi) is 5.26. The third-order valence-electron chi connectivity index (χ3n) is 4.14. The highest BCUT2D eigenvalue weighted by molar-refractivity contribution is 5.41. The summed E-state index contributed by atoms with van der Waals surface area (Å²) < 4.78 is 6.31. The van der Waals surface area contributed by atoms with Gasteiger partial charge in [-0.1, -0.05) is 31.5 Å². The Morgan fingerprint density at radius 3 is 2.68 bits per heavy atom. The monoisotopic (exact) mass is 261 g/mol. The zero-order valence-electron chi connectivity index (χ0n) is 12.3. The Hall–Kier alpha value is -1.02. The van der Waals surface area contributed by atoms with E-state index in [2.05, 4.69) is 32.0 Å². The van der Waals surface area contributed by atoms with E-state index in [4.69, 9.17) is 10.5 Å². The van der Waals surface area contributed by atoms with E-state index in [-0.39, 0.29) is 6.04 Å². The lowest BCUT2D eigenvalue weighted by atomic mass is 9.97. The van der Waals surface area contributed by atoms with Gasteiger partial charge in [0, 0.05) is 6.04 Å². The molecule has 0 radical (unpaired) electrons. The van der Waals surface area contributed by atoms with Gasteiger partial charge in [-0.25, -0.2) is 0 Å². The van der Waals surface area contributed by atoms with Crippen LogP contribution in [0.4, 0.5) is 0 Å². The zero-order chi connectivity index (χ0) is 13.7. The molecular formula is C17H27NO. The SMILES string of the molecule is CCC(N)Cc1cccc(C)c1OC1CCCCC1. The molecule has 1 aromatic rings. The molecule has 0 aliphatic heterocycles. The molecule has 1 atom stereocenters. The molecule has 1 saturated carbocycles. The summed E-state index contributed by atoms with van der Waals surface area (Å²) in [7, 11) is 0. The normalized spacial score (nSPS) is 18.3. The predicted octanol–water partition coefficient (Wildman–Crippen LogP) is 3.99. The van der Waals surface area contributed by atoms with Crippen molar-refractivity contribution in [1.82, 2.24) is 0 Å². The lowest BCUT2D eigenvalue weighted by Crippen LogP contribution is -2.24. The van der Waals surface area contributed by atoms with Crippen LogP contribution in [0.15, 0.2) is 18.2 Å². The van der Waals surface area contributed by atoms with Gasteiger partial charge in [-0.15, -0.1) is 0 Å². The van der Waals surface area contributed by atoms with Crippen molar-refractivity contribution < 1.29 is 4.74 Å². The molecule has 1 aromatic carbocycles. The largest absolute Gasteiger partial charge is 0.490 e. The van der Waals surface area contributed by atoms with E-state index in [9.17, 15) is 0 Å². The van der Waals surface area contributed by atoms with Crippen molar-refractivity contribution in [3.63, 3.8) is 0 Å². The van der Waals surface area contributed by atoms with Crippen molar-refractivity contribution in [3.8, 4) is 5.75 Å². The Morgan fingerprint density at radius 2 is 2.00 bits per heavy atom. The van der Waals surface area contributed by atoms with Crippen molar-refractivity contribution in [2.24, 2.45) is 5.73 Å². The topological polar surface area (TPSA) is 35.2 Å². The number of para-hydroxylation sites is 1. The summed E-state index contributed by atoms with van der Waals surface area (Å²) in [5.41, 5.74) is 8.62. The number of rotatable bonds is 5. The molecule has 1 aliphatic carbocycles. The summed E-state index contributed by atoms with van der Waals surface area (Å²) >= 11 is 0. The van der Waals surface area contributed by atoms with Crippen LogP contribution in [0, 0.1) is 6.92 Å². The van der Waals surface area contributed by atoms with Crippen molar-refractivity contribution in [3.05, 3.63) is 29.3 Å². The van der Waals surface area contributed by atoms with Crippen LogP contribution in [0.5, 0.6) is 5.75 Å². The van der Waals surface area contributed by atoms with Gasteiger partial charge in [0.25, 0.3) is 0 Å². The quantitative estimate of drug-likeness (QED) is 0.870. The van der Waals surface area contributed by atoms with Gasteiger partial charge in [-0.2, -0.15) is 0 Å². The maximum Gasteiger partial charge on any atom is 0.125 e. The zero-order valence-corrected chi connectivity index (χ0v) is 12.3. The van der Waals surface area contributed by atoms with E-state index < -0.39 is 0 Å². The van der Waals surface area contributed by atoms with Crippen molar-refractivity contribution in [1.29, 1.82) is 0 Å². The third-order valence-corrected chi connectivity index (χ3v) is 4.14. The molecule has 1 aliphatic rings. The summed E-state index contributed by atoms with van der Waals surface area (Å²) in [6, 6.07) is 6.65. The van der Waals surface area contributed by atoms with Crippen LogP contribution in [0.2, 0.25) is 0 Å². The molecule has 19 heavy (non-hydrogen) atoms. The molecule has 0 heterocycles. The Morgan fingerprint density at radius 1 is 1.26 bits per heavy atom. The molecule has 0 bridgehead atoms. The first-order valence-corrected chi connectivity index (χ1v) is 7.71. The first-order valence-electron chi connectivity index (χ1n) is 7.71. The molecule has 2 heteroatoms. The van der Waals surface area contributed by atoms with E-state index in [1.807, 2.05) is 0 Å². The minimum absolute atomic E-state index is 0.232. The molecule has 2 nitrogen and oxygen atoms in total. The van der Waals surface area contributed by atoms with E-state index in [0.717, 1.165) is 18.6 Å². The van der Waals surface area contributed by atoms with Crippen LogP contribution in [-0.2, 0) is 6.42 Å². The van der Waals surface area contributed by atoms with Gasteiger partial charge in [0.1, 0.15) is 5.75 Å². The Labute approximate surface area is 117 Å². The summed E-state index contributed by atoms with van der Waals surface area (Å²) in [6.45, 7) is 4.28. The molecular weight excluding hydrogens is 234 g/mol. The van der Waals surface area contributed by atoms with E-state index in [1.165, 1.54) is 43.2 Å². The second-order valence-electron chi connectivity index (χ2n) is 5.81. The minimum Gasteiger partial charge on any atom is -0.490 e. The number of benzene rings is 1. The van der Waals surface area contributed by atoms with Crippen LogP contribution < -0.4 is 10.5 Å². The van der Waals surface area contributed by atoms with Crippen molar-refractivity contribution in [2.75, 3.05) is 0 Å². The van der Waals surface area contributed by atoms with Crippen molar-refractivity contribution >= 4 is 0 Å². The van der Waals surface area contributed by atoms with E-state index in [1.54, 1.807) is 0 Å². The van der Waals surface area contributed by atoms with Crippen LogP contribution in [-0.4, -0.2) is 12.1 Å². The second-order valence-corrected chi connectivity index (χ2v) is 5.81. The number of ether oxygens (including phenoxy) is 1. The standard InChI is InChI=1S/C17H27NO/c1-3-15(18)12-14-9-7-8-13(2)17(14)19-16-10-5-4-6-11-16/h7-9,15-16H,3-6,10-12,18H2,1-2H3. The number of hydrogen-bond donors (Lipinski definition) is 1. The molecule has 106 valence electrons. The number of nitrogens with two attached hydrogens (primary N) is 1. The van der Waals surface area contributed by atoms with Gasteiger partial charge >= 0.3 is 0 Å². The van der Waals surface area contributed by atoms with Gasteiger partial charge in [0.15, 0.2) is 0 Å². The van der Waals surface area contributed by atoms with Gasteiger partial charge < -0.3 is 10.5 Å². The lowest BCUT2D eigenvalue weighted by Gasteiger charge is -2.26. The molecule has 0 aromatic heterocycles. The average molecular weight is 261 g/mol. The van der Waals surface area contributed by atoms with Gasteiger partial charge in [-0.3, -0.25) is 0 Å². The average Bonchev–Trinajstić information content (AvgIpc) is 2.43. The Balaban J connectivity index is 2.12. The third kappa shape index (κ3) is 3.97. The van der Waals surface area contributed by atoms with E-state index >= 15 is 0 Å². The maximum atomic E-state index is 6.31.